The summed E-state index contributed by atoms with van der Waals surface area (Å²) in [5.74, 6) is -2.57. The molecule has 0 N–H and O–H groups in total. The van der Waals surface area contributed by atoms with Crippen LogP contribution in [0.15, 0.2) is 60.7 Å². The minimum absolute atomic E-state index is 0. The summed E-state index contributed by atoms with van der Waals surface area (Å²) in [6.45, 7) is 8.32. The third-order valence-electron chi connectivity index (χ3n) is 11.5. The second kappa shape index (κ2) is 44.3. The fourth-order valence-electron chi connectivity index (χ4n) is 7.91. The predicted molar refractivity (Wildman–Crippen MR) is 258 cm³/mol. The van der Waals surface area contributed by atoms with Gasteiger partial charge >= 0.3 is 60.8 Å². The maximum absolute atomic E-state index is 11.5. The van der Waals surface area contributed by atoms with Crippen molar-refractivity contribution in [3.05, 3.63) is 71.8 Å². The number of esters is 2. The van der Waals surface area contributed by atoms with Crippen LogP contribution >= 0.6 is 0 Å². The Labute approximate surface area is 434 Å². The van der Waals surface area contributed by atoms with Crippen LogP contribution in [0.3, 0.4) is 0 Å². The second-order valence-electron chi connectivity index (χ2n) is 17.5. The molecule has 0 saturated heterocycles. The van der Waals surface area contributed by atoms with Crippen molar-refractivity contribution >= 4 is 72.8 Å². The molecular weight excluding hydrogens is 946 g/mol. The minimum Gasteiger partial charge on any atom is -0.550 e. The summed E-state index contributed by atoms with van der Waals surface area (Å²) in [5.41, 5.74) is 2.14. The van der Waals surface area contributed by atoms with Gasteiger partial charge in [0.1, 0.15) is 12.2 Å². The molecule has 2 aromatic carbocycles. The van der Waals surface area contributed by atoms with Gasteiger partial charge in [0.25, 0.3) is 0 Å². The van der Waals surface area contributed by atoms with Gasteiger partial charge in [-0.25, -0.2) is 0 Å². The number of unbranched alkanes of at least 4 members (excludes halogenated alkanes) is 14. The van der Waals surface area contributed by atoms with E-state index in [4.69, 9.17) is 18.9 Å². The third-order valence-corrected chi connectivity index (χ3v) is 11.5. The van der Waals surface area contributed by atoms with Gasteiger partial charge < -0.3 is 38.7 Å². The zero-order valence-corrected chi connectivity index (χ0v) is 45.5. The molecule has 0 aliphatic rings. The maximum atomic E-state index is 11.5. The molecule has 2 aromatic rings. The molecule has 0 spiro atoms. The fourth-order valence-corrected chi connectivity index (χ4v) is 7.91. The third kappa shape index (κ3) is 40.6. The molecule has 65 heavy (non-hydrogen) atoms. The van der Waals surface area contributed by atoms with E-state index in [1.807, 2.05) is 60.7 Å². The first-order valence-electron chi connectivity index (χ1n) is 25.1. The van der Waals surface area contributed by atoms with Gasteiger partial charge in [-0.3, -0.25) is 9.59 Å². The summed E-state index contributed by atoms with van der Waals surface area (Å²) in [6.07, 6.45) is 27.0. The largest absolute Gasteiger partial charge is 2.00 e. The van der Waals surface area contributed by atoms with Crippen LogP contribution in [0.5, 0.6) is 0 Å². The van der Waals surface area contributed by atoms with E-state index in [9.17, 15) is 29.4 Å². The molecule has 364 valence electrons. The van der Waals surface area contributed by atoms with E-state index in [1.54, 1.807) is 0 Å². The van der Waals surface area contributed by atoms with Crippen LogP contribution in [0, 0.1) is 0 Å². The van der Waals surface area contributed by atoms with E-state index in [0.717, 1.165) is 75.3 Å². The number of aliphatic carboxylic acids is 2. The summed E-state index contributed by atoms with van der Waals surface area (Å²) in [6, 6.07) is 19.7. The van der Waals surface area contributed by atoms with E-state index in [2.05, 4.69) is 13.8 Å². The Balaban J connectivity index is 0.00000124. The van der Waals surface area contributed by atoms with Crippen LogP contribution in [0.4, 0.5) is 0 Å². The van der Waals surface area contributed by atoms with Gasteiger partial charge in [-0.1, -0.05) is 164 Å². The average molecular weight is 1030 g/mol. The molecule has 4 atom stereocenters. The molecule has 0 fully saturated rings. The van der Waals surface area contributed by atoms with Crippen molar-refractivity contribution in [1.82, 2.24) is 0 Å². The Bertz CT molecular complexity index is 1320. The van der Waals surface area contributed by atoms with Crippen LogP contribution in [0.25, 0.3) is 0 Å². The topological polar surface area (TPSA) is 151 Å². The van der Waals surface area contributed by atoms with Gasteiger partial charge in [-0.15, -0.1) is 0 Å². The number of carboxylic acids is 2. The number of benzene rings is 2. The van der Waals surface area contributed by atoms with E-state index < -0.39 is 11.9 Å². The Hall–Kier alpha value is -2.19. The van der Waals surface area contributed by atoms with E-state index in [0.29, 0.717) is 26.1 Å². The molecule has 11 heteroatoms. The Morgan fingerprint density at radius 2 is 0.708 bits per heavy atom. The van der Waals surface area contributed by atoms with E-state index in [1.165, 1.54) is 104 Å². The van der Waals surface area contributed by atoms with Crippen molar-refractivity contribution in [3.8, 4) is 0 Å². The summed E-state index contributed by atoms with van der Waals surface area (Å²) in [7, 11) is 0. The van der Waals surface area contributed by atoms with Crippen molar-refractivity contribution in [2.45, 2.75) is 245 Å². The Morgan fingerprint density at radius 1 is 0.415 bits per heavy atom. The number of rotatable bonds is 40. The van der Waals surface area contributed by atoms with E-state index in [-0.39, 0.29) is 98.1 Å². The molecule has 0 heterocycles. The molecule has 0 aliphatic heterocycles. The Morgan fingerprint density at radius 3 is 1.02 bits per heavy atom. The summed E-state index contributed by atoms with van der Waals surface area (Å²) in [4.78, 5) is 44.8. The van der Waals surface area contributed by atoms with Gasteiger partial charge in [0.05, 0.1) is 25.4 Å². The first-order valence-corrected chi connectivity index (χ1v) is 25.1. The molecular formula is C54H86BaO10. The fraction of sp³-hybridized carbons (Fsp3) is 0.704. The smallest absolute Gasteiger partial charge is 0.550 e. The molecule has 10 nitrogen and oxygen atoms in total. The van der Waals surface area contributed by atoms with Crippen molar-refractivity contribution in [2.75, 3.05) is 0 Å². The molecule has 4 unspecified atom stereocenters. The normalized spacial score (nSPS) is 12.7. The molecule has 0 amide bonds. The summed E-state index contributed by atoms with van der Waals surface area (Å²) >= 11 is 0. The van der Waals surface area contributed by atoms with Gasteiger partial charge in [-0.05, 0) is 101 Å². The quantitative estimate of drug-likeness (QED) is 0.0358. The molecule has 0 aliphatic carbocycles. The van der Waals surface area contributed by atoms with Gasteiger partial charge in [-0.2, -0.15) is 0 Å². The summed E-state index contributed by atoms with van der Waals surface area (Å²) < 4.78 is 23.1. The molecule has 0 aromatic heterocycles. The van der Waals surface area contributed by atoms with Crippen LogP contribution in [0.2, 0.25) is 0 Å². The monoisotopic (exact) mass is 1030 g/mol. The number of hydrogen-bond donors (Lipinski definition) is 0. The average Bonchev–Trinajstić information content (AvgIpc) is 3.27. The number of carbonyl (C=O) groups excluding carboxylic acids is 4. The second-order valence-corrected chi connectivity index (χ2v) is 17.5. The predicted octanol–water partition coefficient (Wildman–Crippen LogP) is 11.1. The maximum Gasteiger partial charge on any atom is 2.00 e. The molecule has 2 rings (SSSR count). The zero-order valence-electron chi connectivity index (χ0n) is 41.1. The Kier molecular flexibility index (Phi) is 42.8. The number of hydrogen-bond acceptors (Lipinski definition) is 10. The molecule has 0 saturated carbocycles. The van der Waals surface area contributed by atoms with Crippen LogP contribution < -0.4 is 10.2 Å². The van der Waals surface area contributed by atoms with E-state index >= 15 is 0 Å². The first kappa shape index (κ1) is 62.8. The molecule has 0 radical (unpaired) electrons. The van der Waals surface area contributed by atoms with Gasteiger partial charge in [0.15, 0.2) is 0 Å². The standard InChI is InChI=1S/2C27H44O5.Ba/c2*1-3-4-5-6-7-8-9-13-17-26(32-23(2)28)19-14-18-25(20-21-27(29)30)31-22-24-15-11-10-12-16-24;/h2*10-12,15-16,25-26H,3-9,13-14,17-22H2,1-2H3,(H,29,30);/q;;+2/p-2. The zero-order chi connectivity index (χ0) is 46.9. The minimum atomic E-state index is -1.05. The SMILES string of the molecule is CCCCCCCCCCC(CCCC(CCC(=O)[O-])OCc1ccccc1)OC(C)=O.CCCCCCCCCCC(CCCC(CCC(=O)[O-])OCc1ccccc1)OC(C)=O.[Ba+2]. The number of ether oxygens (including phenoxy) is 4. The molecule has 0 bridgehead atoms. The van der Waals surface area contributed by atoms with Crippen molar-refractivity contribution in [2.24, 2.45) is 0 Å². The number of carboxylic acid groups (broad SMARTS) is 2. The van der Waals surface area contributed by atoms with Crippen molar-refractivity contribution in [1.29, 1.82) is 0 Å². The van der Waals surface area contributed by atoms with Crippen molar-refractivity contribution in [3.63, 3.8) is 0 Å². The van der Waals surface area contributed by atoms with Crippen LogP contribution in [-0.4, -0.2) is 97.2 Å². The first-order chi connectivity index (χ1) is 31.0. The van der Waals surface area contributed by atoms with Gasteiger partial charge in [0, 0.05) is 25.8 Å². The van der Waals surface area contributed by atoms with Crippen LogP contribution in [-0.2, 0) is 51.3 Å². The number of carbonyl (C=O) groups is 4. The van der Waals surface area contributed by atoms with Crippen LogP contribution in [0.1, 0.15) is 219 Å². The van der Waals surface area contributed by atoms with Crippen molar-refractivity contribution < 1.29 is 48.3 Å². The van der Waals surface area contributed by atoms with Gasteiger partial charge in [0.2, 0.25) is 0 Å². The summed E-state index contributed by atoms with van der Waals surface area (Å²) in [5, 5.41) is 21.8.